The molecule has 0 amide bonds. The van der Waals surface area contributed by atoms with Crippen molar-refractivity contribution in [1.29, 1.82) is 0 Å². The Kier molecular flexibility index (Phi) is 4.42. The van der Waals surface area contributed by atoms with Crippen LogP contribution in [0.1, 0.15) is 32.6 Å². The zero-order valence-electron chi connectivity index (χ0n) is 12.2. The van der Waals surface area contributed by atoms with Crippen molar-refractivity contribution in [1.82, 2.24) is 10.2 Å². The highest BCUT2D eigenvalue weighted by Gasteiger charge is 2.38. The third kappa shape index (κ3) is 3.69. The second kappa shape index (κ2) is 6.08. The average molecular weight is 268 g/mol. The highest BCUT2D eigenvalue weighted by atomic mass is 16.5. The number of ether oxygens (including phenoxy) is 2. The molecule has 19 heavy (non-hydrogen) atoms. The number of nitrogens with one attached hydrogen (secondary N) is 1. The zero-order chi connectivity index (χ0) is 13.1. The third-order valence-corrected chi connectivity index (χ3v) is 4.77. The minimum absolute atomic E-state index is 0.345. The van der Waals surface area contributed by atoms with Crippen molar-refractivity contribution in [3.63, 3.8) is 0 Å². The van der Waals surface area contributed by atoms with E-state index >= 15 is 0 Å². The molecular formula is C15H28N2O2. The van der Waals surface area contributed by atoms with Gasteiger partial charge in [-0.15, -0.1) is 0 Å². The Bertz CT molecular complexity index is 288. The average Bonchev–Trinajstić information content (AvgIpc) is 3.17. The van der Waals surface area contributed by atoms with Crippen LogP contribution in [0.2, 0.25) is 0 Å². The molecule has 3 fully saturated rings. The molecule has 0 aromatic rings. The van der Waals surface area contributed by atoms with Gasteiger partial charge in [-0.05, 0) is 25.7 Å². The lowest BCUT2D eigenvalue weighted by molar-refractivity contribution is -0.0432. The maximum absolute atomic E-state index is 5.77. The van der Waals surface area contributed by atoms with E-state index in [4.69, 9.17) is 9.47 Å². The molecule has 2 unspecified atom stereocenters. The van der Waals surface area contributed by atoms with Crippen molar-refractivity contribution in [3.8, 4) is 0 Å². The minimum Gasteiger partial charge on any atom is -0.381 e. The van der Waals surface area contributed by atoms with E-state index < -0.39 is 0 Å². The second-order valence-electron chi connectivity index (χ2n) is 6.59. The molecule has 4 heteroatoms. The van der Waals surface area contributed by atoms with Gasteiger partial charge >= 0.3 is 0 Å². The van der Waals surface area contributed by atoms with Crippen LogP contribution in [-0.4, -0.2) is 63.0 Å². The molecule has 1 saturated carbocycles. The molecule has 0 aromatic heterocycles. The third-order valence-electron chi connectivity index (χ3n) is 4.77. The van der Waals surface area contributed by atoms with E-state index in [1.165, 1.54) is 25.8 Å². The first kappa shape index (κ1) is 13.8. The number of nitrogens with zero attached hydrogens (tertiary/aromatic N) is 1. The Hall–Kier alpha value is -0.160. The summed E-state index contributed by atoms with van der Waals surface area (Å²) < 4.78 is 11.5. The topological polar surface area (TPSA) is 33.7 Å². The predicted molar refractivity (Wildman–Crippen MR) is 75.4 cm³/mol. The summed E-state index contributed by atoms with van der Waals surface area (Å²) in [5.41, 5.74) is 0.345. The normalized spacial score (nSPS) is 36.8. The van der Waals surface area contributed by atoms with E-state index in [9.17, 15) is 0 Å². The molecule has 0 aromatic carbocycles. The molecule has 1 aliphatic carbocycles. The SMILES string of the molecule is CCC1CN(CC2(CNC3CC3)CCOC2)CCO1. The van der Waals surface area contributed by atoms with E-state index in [1.54, 1.807) is 0 Å². The van der Waals surface area contributed by atoms with Gasteiger partial charge in [0, 0.05) is 44.2 Å². The van der Waals surface area contributed by atoms with Crippen molar-refractivity contribution in [2.75, 3.05) is 46.0 Å². The molecule has 0 spiro atoms. The van der Waals surface area contributed by atoms with Gasteiger partial charge in [0.15, 0.2) is 0 Å². The Labute approximate surface area is 116 Å². The van der Waals surface area contributed by atoms with Crippen LogP contribution < -0.4 is 5.32 Å². The van der Waals surface area contributed by atoms with Crippen molar-refractivity contribution in [3.05, 3.63) is 0 Å². The Morgan fingerprint density at radius 3 is 2.89 bits per heavy atom. The molecule has 3 aliphatic rings. The van der Waals surface area contributed by atoms with Crippen LogP contribution in [0.4, 0.5) is 0 Å². The van der Waals surface area contributed by atoms with E-state index in [-0.39, 0.29) is 0 Å². The van der Waals surface area contributed by atoms with Gasteiger partial charge in [0.2, 0.25) is 0 Å². The summed E-state index contributed by atoms with van der Waals surface area (Å²) in [7, 11) is 0. The fourth-order valence-electron chi connectivity index (χ4n) is 3.26. The van der Waals surface area contributed by atoms with Crippen LogP contribution in [-0.2, 0) is 9.47 Å². The molecule has 4 nitrogen and oxygen atoms in total. The monoisotopic (exact) mass is 268 g/mol. The Morgan fingerprint density at radius 2 is 2.21 bits per heavy atom. The fraction of sp³-hybridized carbons (Fsp3) is 1.00. The van der Waals surface area contributed by atoms with Gasteiger partial charge < -0.3 is 14.8 Å². The van der Waals surface area contributed by atoms with E-state index in [0.717, 1.165) is 51.9 Å². The molecule has 3 rings (SSSR count). The summed E-state index contributed by atoms with van der Waals surface area (Å²) in [6.45, 7) is 9.47. The molecule has 2 saturated heterocycles. The van der Waals surface area contributed by atoms with Gasteiger partial charge in [-0.25, -0.2) is 0 Å². The maximum atomic E-state index is 5.77. The molecule has 1 N–H and O–H groups in total. The minimum atomic E-state index is 0.345. The lowest BCUT2D eigenvalue weighted by Crippen LogP contribution is -2.50. The zero-order valence-corrected chi connectivity index (χ0v) is 12.2. The van der Waals surface area contributed by atoms with Crippen LogP contribution in [0.3, 0.4) is 0 Å². The standard InChI is InChI=1S/C15H28N2O2/c1-2-14-9-17(6-8-19-14)11-15(5-7-18-12-15)10-16-13-3-4-13/h13-14,16H,2-12H2,1H3. The maximum Gasteiger partial charge on any atom is 0.0700 e. The summed E-state index contributed by atoms with van der Waals surface area (Å²) in [6.07, 6.45) is 5.50. The molecule has 0 bridgehead atoms. The van der Waals surface area contributed by atoms with Gasteiger partial charge in [-0.1, -0.05) is 6.92 Å². The number of hydrogen-bond acceptors (Lipinski definition) is 4. The van der Waals surface area contributed by atoms with E-state index in [2.05, 4.69) is 17.1 Å². The van der Waals surface area contributed by atoms with Crippen molar-refractivity contribution < 1.29 is 9.47 Å². The predicted octanol–water partition coefficient (Wildman–Crippen LogP) is 1.26. The fourth-order valence-corrected chi connectivity index (χ4v) is 3.26. The van der Waals surface area contributed by atoms with Crippen LogP contribution in [0, 0.1) is 5.41 Å². The van der Waals surface area contributed by atoms with Gasteiger partial charge in [0.05, 0.1) is 19.3 Å². The summed E-state index contributed by atoms with van der Waals surface area (Å²) >= 11 is 0. The molecule has 2 atom stereocenters. The van der Waals surface area contributed by atoms with Crippen LogP contribution >= 0.6 is 0 Å². The number of rotatable bonds is 6. The van der Waals surface area contributed by atoms with Gasteiger partial charge in [-0.2, -0.15) is 0 Å². The largest absolute Gasteiger partial charge is 0.381 e. The van der Waals surface area contributed by atoms with Crippen molar-refractivity contribution in [2.45, 2.75) is 44.8 Å². The van der Waals surface area contributed by atoms with Crippen LogP contribution in [0.15, 0.2) is 0 Å². The van der Waals surface area contributed by atoms with Gasteiger partial charge in [0.1, 0.15) is 0 Å². The molecule has 2 heterocycles. The van der Waals surface area contributed by atoms with Crippen LogP contribution in [0.25, 0.3) is 0 Å². The quantitative estimate of drug-likeness (QED) is 0.786. The first-order valence-electron chi connectivity index (χ1n) is 7.95. The summed E-state index contributed by atoms with van der Waals surface area (Å²) in [5, 5.41) is 3.72. The van der Waals surface area contributed by atoms with Crippen LogP contribution in [0.5, 0.6) is 0 Å². The van der Waals surface area contributed by atoms with Crippen molar-refractivity contribution in [2.24, 2.45) is 5.41 Å². The highest BCUT2D eigenvalue weighted by Crippen LogP contribution is 2.31. The van der Waals surface area contributed by atoms with E-state index in [1.807, 2.05) is 0 Å². The first-order chi connectivity index (χ1) is 9.30. The van der Waals surface area contributed by atoms with Gasteiger partial charge in [-0.3, -0.25) is 4.90 Å². The molecular weight excluding hydrogens is 240 g/mol. The lowest BCUT2D eigenvalue weighted by Gasteiger charge is -2.39. The summed E-state index contributed by atoms with van der Waals surface area (Å²) in [4.78, 5) is 2.60. The Morgan fingerprint density at radius 1 is 1.32 bits per heavy atom. The van der Waals surface area contributed by atoms with E-state index in [0.29, 0.717) is 11.5 Å². The molecule has 2 aliphatic heterocycles. The number of morpholine rings is 1. The Balaban J connectivity index is 1.53. The van der Waals surface area contributed by atoms with Gasteiger partial charge in [0.25, 0.3) is 0 Å². The van der Waals surface area contributed by atoms with Crippen molar-refractivity contribution >= 4 is 0 Å². The summed E-state index contributed by atoms with van der Waals surface area (Å²) in [6, 6.07) is 0.797. The smallest absolute Gasteiger partial charge is 0.0700 e. The number of hydrogen-bond donors (Lipinski definition) is 1. The molecule has 0 radical (unpaired) electrons. The second-order valence-corrected chi connectivity index (χ2v) is 6.59. The molecule has 110 valence electrons. The first-order valence-corrected chi connectivity index (χ1v) is 7.95. The lowest BCUT2D eigenvalue weighted by atomic mass is 9.86. The summed E-state index contributed by atoms with van der Waals surface area (Å²) in [5.74, 6) is 0. The highest BCUT2D eigenvalue weighted by molar-refractivity contribution is 4.92.